The second-order valence-corrected chi connectivity index (χ2v) is 6.87. The lowest BCUT2D eigenvalue weighted by Gasteiger charge is -2.31. The second kappa shape index (κ2) is 7.25. The number of benzene rings is 1. The van der Waals surface area contributed by atoms with Crippen LogP contribution in [0.3, 0.4) is 0 Å². The minimum absolute atomic E-state index is 0.0294. The molecule has 134 valence electrons. The first kappa shape index (κ1) is 17.5. The number of carbonyl (C=O) groups excluding carboxylic acids is 3. The van der Waals surface area contributed by atoms with Gasteiger partial charge in [0.1, 0.15) is 5.54 Å². The van der Waals surface area contributed by atoms with E-state index < -0.39 is 11.5 Å². The van der Waals surface area contributed by atoms with Gasteiger partial charge in [0, 0.05) is 12.1 Å². The molecule has 0 bridgehead atoms. The number of fused-ring (bicyclic) bond motifs is 1. The Kier molecular flexibility index (Phi) is 5.06. The van der Waals surface area contributed by atoms with Crippen molar-refractivity contribution < 1.29 is 19.1 Å². The number of carbonyl (C=O) groups is 3. The highest BCUT2D eigenvalue weighted by atomic mass is 16.5. The maximum absolute atomic E-state index is 12.7. The number of methoxy groups -OCH3 is 1. The first-order valence-corrected chi connectivity index (χ1v) is 8.85. The fraction of sp³-hybridized carbons (Fsp3) is 0.526. The predicted octanol–water partition coefficient (Wildman–Crippen LogP) is 2.49. The number of nitrogens with one attached hydrogen (secondary N) is 2. The lowest BCUT2D eigenvalue weighted by molar-refractivity contribution is -0.151. The first-order chi connectivity index (χ1) is 12.1. The van der Waals surface area contributed by atoms with Crippen molar-refractivity contribution in [3.8, 4) is 0 Å². The average molecular weight is 344 g/mol. The molecule has 1 unspecified atom stereocenters. The van der Waals surface area contributed by atoms with E-state index >= 15 is 0 Å². The van der Waals surface area contributed by atoms with Crippen LogP contribution < -0.4 is 10.6 Å². The number of amides is 2. The monoisotopic (exact) mass is 344 g/mol. The summed E-state index contributed by atoms with van der Waals surface area (Å²) < 4.78 is 4.96. The van der Waals surface area contributed by atoms with E-state index in [2.05, 4.69) is 10.6 Å². The lowest BCUT2D eigenvalue weighted by Crippen LogP contribution is -2.55. The van der Waals surface area contributed by atoms with E-state index in [4.69, 9.17) is 4.74 Å². The summed E-state index contributed by atoms with van der Waals surface area (Å²) >= 11 is 0. The minimum atomic E-state index is -0.961. The predicted molar refractivity (Wildman–Crippen MR) is 93.0 cm³/mol. The Morgan fingerprint density at radius 3 is 2.56 bits per heavy atom. The number of para-hydroxylation sites is 1. The van der Waals surface area contributed by atoms with Crippen molar-refractivity contribution in [1.82, 2.24) is 5.32 Å². The summed E-state index contributed by atoms with van der Waals surface area (Å²) in [6.45, 7) is 0. The van der Waals surface area contributed by atoms with Crippen LogP contribution in [0, 0.1) is 0 Å². The van der Waals surface area contributed by atoms with E-state index in [1.807, 2.05) is 24.3 Å². The summed E-state index contributed by atoms with van der Waals surface area (Å²) in [6.07, 6.45) is 5.05. The van der Waals surface area contributed by atoms with E-state index in [1.165, 1.54) is 7.11 Å². The fourth-order valence-electron chi connectivity index (χ4n) is 3.89. The molecule has 1 fully saturated rings. The Morgan fingerprint density at radius 2 is 1.88 bits per heavy atom. The van der Waals surface area contributed by atoms with Crippen LogP contribution in [-0.4, -0.2) is 30.4 Å². The number of esters is 1. The number of rotatable bonds is 4. The maximum Gasteiger partial charge on any atom is 0.331 e. The summed E-state index contributed by atoms with van der Waals surface area (Å²) in [4.78, 5) is 37.2. The summed E-state index contributed by atoms with van der Waals surface area (Å²) in [5.41, 5.74) is 0.620. The Bertz CT molecular complexity index is 678. The van der Waals surface area contributed by atoms with Gasteiger partial charge in [0.15, 0.2) is 0 Å². The smallest absolute Gasteiger partial charge is 0.331 e. The van der Waals surface area contributed by atoms with Crippen LogP contribution in [-0.2, 0) is 19.1 Å². The van der Waals surface area contributed by atoms with Gasteiger partial charge in [-0.3, -0.25) is 9.59 Å². The minimum Gasteiger partial charge on any atom is -0.467 e. The molecule has 1 atom stereocenters. The van der Waals surface area contributed by atoms with Gasteiger partial charge in [-0.1, -0.05) is 43.9 Å². The molecule has 6 nitrogen and oxygen atoms in total. The molecule has 2 aliphatic rings. The molecule has 1 heterocycles. The van der Waals surface area contributed by atoms with Gasteiger partial charge in [0.25, 0.3) is 0 Å². The topological polar surface area (TPSA) is 84.5 Å². The van der Waals surface area contributed by atoms with Crippen LogP contribution in [0.15, 0.2) is 24.3 Å². The molecule has 1 aliphatic carbocycles. The highest BCUT2D eigenvalue weighted by Gasteiger charge is 2.42. The average Bonchev–Trinajstić information content (AvgIpc) is 2.77. The summed E-state index contributed by atoms with van der Waals surface area (Å²) in [7, 11) is 1.35. The molecule has 1 saturated carbocycles. The summed E-state index contributed by atoms with van der Waals surface area (Å²) in [5.74, 6) is -1.37. The van der Waals surface area contributed by atoms with Gasteiger partial charge in [0.05, 0.1) is 13.0 Å². The Morgan fingerprint density at radius 1 is 1.20 bits per heavy atom. The fourth-order valence-corrected chi connectivity index (χ4v) is 3.89. The summed E-state index contributed by atoms with van der Waals surface area (Å²) in [6, 6.07) is 7.38. The molecule has 0 saturated heterocycles. The van der Waals surface area contributed by atoms with Crippen LogP contribution in [0.2, 0.25) is 0 Å². The SMILES string of the molecule is COC(=O)C1(NC(=O)CC2C(=O)Nc3ccccc32)CCCCCC1. The van der Waals surface area contributed by atoms with Crippen LogP contribution in [0.4, 0.5) is 5.69 Å². The quantitative estimate of drug-likeness (QED) is 0.649. The van der Waals surface area contributed by atoms with Crippen molar-refractivity contribution in [3.63, 3.8) is 0 Å². The van der Waals surface area contributed by atoms with E-state index in [1.54, 1.807) is 0 Å². The molecule has 0 radical (unpaired) electrons. The van der Waals surface area contributed by atoms with Gasteiger partial charge in [-0.15, -0.1) is 0 Å². The normalized spacial score (nSPS) is 21.6. The van der Waals surface area contributed by atoms with Gasteiger partial charge >= 0.3 is 5.97 Å². The number of hydrogen-bond donors (Lipinski definition) is 2. The Hall–Kier alpha value is -2.37. The second-order valence-electron chi connectivity index (χ2n) is 6.87. The van der Waals surface area contributed by atoms with Crippen LogP contribution >= 0.6 is 0 Å². The van der Waals surface area contributed by atoms with Crippen molar-refractivity contribution in [2.75, 3.05) is 12.4 Å². The third kappa shape index (κ3) is 3.52. The number of anilines is 1. The molecule has 0 aromatic heterocycles. The molecule has 3 rings (SSSR count). The largest absolute Gasteiger partial charge is 0.467 e. The third-order valence-electron chi connectivity index (χ3n) is 5.21. The molecule has 2 N–H and O–H groups in total. The van der Waals surface area contributed by atoms with Crippen molar-refractivity contribution in [3.05, 3.63) is 29.8 Å². The van der Waals surface area contributed by atoms with Gasteiger partial charge in [0.2, 0.25) is 11.8 Å². The van der Waals surface area contributed by atoms with Gasteiger partial charge in [-0.05, 0) is 24.5 Å². The molecule has 25 heavy (non-hydrogen) atoms. The van der Waals surface area contributed by atoms with Crippen LogP contribution in [0.25, 0.3) is 0 Å². The third-order valence-corrected chi connectivity index (χ3v) is 5.21. The summed E-state index contributed by atoms with van der Waals surface area (Å²) in [5, 5.41) is 5.71. The van der Waals surface area contributed by atoms with E-state index in [0.717, 1.165) is 36.9 Å². The van der Waals surface area contributed by atoms with Crippen molar-refractivity contribution in [2.45, 2.75) is 56.4 Å². The molecule has 2 amide bonds. The maximum atomic E-state index is 12.7. The standard InChI is InChI=1S/C19H24N2O4/c1-25-18(24)19(10-6-2-3-7-11-19)21-16(22)12-14-13-8-4-5-9-15(13)20-17(14)23/h4-5,8-9,14H,2-3,6-7,10-12H2,1H3,(H,20,23)(H,21,22). The Labute approximate surface area is 147 Å². The number of ether oxygens (including phenoxy) is 1. The van der Waals surface area contributed by atoms with E-state index in [9.17, 15) is 14.4 Å². The highest BCUT2D eigenvalue weighted by Crippen LogP contribution is 2.35. The molecule has 1 aromatic rings. The van der Waals surface area contributed by atoms with E-state index in [-0.39, 0.29) is 24.2 Å². The van der Waals surface area contributed by atoms with Crippen molar-refractivity contribution in [2.24, 2.45) is 0 Å². The molecule has 6 heteroatoms. The van der Waals surface area contributed by atoms with E-state index in [0.29, 0.717) is 12.8 Å². The van der Waals surface area contributed by atoms with Crippen LogP contribution in [0.1, 0.15) is 56.4 Å². The zero-order chi connectivity index (χ0) is 17.9. The zero-order valence-electron chi connectivity index (χ0n) is 14.5. The van der Waals surface area contributed by atoms with Crippen molar-refractivity contribution >= 4 is 23.5 Å². The zero-order valence-corrected chi connectivity index (χ0v) is 14.5. The number of hydrogen-bond acceptors (Lipinski definition) is 4. The molecule has 1 aromatic carbocycles. The van der Waals surface area contributed by atoms with Gasteiger partial charge in [-0.25, -0.2) is 4.79 Å². The molecule has 1 aliphatic heterocycles. The Balaban J connectivity index is 1.74. The highest BCUT2D eigenvalue weighted by molar-refractivity contribution is 6.05. The van der Waals surface area contributed by atoms with Crippen molar-refractivity contribution in [1.29, 1.82) is 0 Å². The molecular formula is C19H24N2O4. The lowest BCUT2D eigenvalue weighted by atomic mass is 9.89. The first-order valence-electron chi connectivity index (χ1n) is 8.85. The van der Waals surface area contributed by atoms with Gasteiger partial charge in [-0.2, -0.15) is 0 Å². The molecule has 0 spiro atoms. The molecular weight excluding hydrogens is 320 g/mol. The van der Waals surface area contributed by atoms with Gasteiger partial charge < -0.3 is 15.4 Å². The van der Waals surface area contributed by atoms with Crippen LogP contribution in [0.5, 0.6) is 0 Å².